The predicted octanol–water partition coefficient (Wildman–Crippen LogP) is 6.09. The van der Waals surface area contributed by atoms with Crippen molar-refractivity contribution in [3.63, 3.8) is 0 Å². The van der Waals surface area contributed by atoms with E-state index >= 15 is 4.39 Å². The summed E-state index contributed by atoms with van der Waals surface area (Å²) < 4.78 is 16.7. The zero-order valence-corrected chi connectivity index (χ0v) is 22.3. The lowest BCUT2D eigenvalue weighted by Gasteiger charge is -2.52. The van der Waals surface area contributed by atoms with Crippen LogP contribution in [0.15, 0.2) is 0 Å². The number of piperidine rings is 3. The monoisotopic (exact) mass is 451 g/mol. The highest BCUT2D eigenvalue weighted by Gasteiger charge is 2.51. The Kier molecular flexibility index (Phi) is 8.42. The van der Waals surface area contributed by atoms with E-state index in [-0.39, 0.29) is 10.8 Å². The highest BCUT2D eigenvalue weighted by molar-refractivity contribution is 5.02. The number of hydrogen-bond acceptors (Lipinski definition) is 3. The van der Waals surface area contributed by atoms with Crippen molar-refractivity contribution in [2.45, 2.75) is 111 Å². The first-order valence-corrected chi connectivity index (χ1v) is 13.7. The molecule has 0 bridgehead atoms. The third kappa shape index (κ3) is 5.71. The molecular weight excluding hydrogens is 397 g/mol. The largest absolute Gasteiger partial charge is 0.317 e. The fourth-order valence-corrected chi connectivity index (χ4v) is 6.95. The van der Waals surface area contributed by atoms with Crippen molar-refractivity contribution >= 4 is 0 Å². The van der Waals surface area contributed by atoms with Gasteiger partial charge >= 0.3 is 0 Å². The van der Waals surface area contributed by atoms with Crippen LogP contribution in [0.4, 0.5) is 4.39 Å². The van der Waals surface area contributed by atoms with E-state index < -0.39 is 5.67 Å². The Hall–Kier alpha value is -0.190. The number of rotatable bonds is 9. The van der Waals surface area contributed by atoms with E-state index in [9.17, 15) is 0 Å². The van der Waals surface area contributed by atoms with Crippen LogP contribution in [0.1, 0.15) is 106 Å². The van der Waals surface area contributed by atoms with Gasteiger partial charge in [0.15, 0.2) is 0 Å². The summed E-state index contributed by atoms with van der Waals surface area (Å²) in [4.78, 5) is 0. The molecule has 188 valence electrons. The summed E-state index contributed by atoms with van der Waals surface area (Å²) >= 11 is 0. The van der Waals surface area contributed by atoms with Gasteiger partial charge in [-0.3, -0.25) is 0 Å². The Morgan fingerprint density at radius 1 is 0.688 bits per heavy atom. The Bertz CT molecular complexity index is 583. The smallest absolute Gasteiger partial charge is 0.118 e. The van der Waals surface area contributed by atoms with E-state index in [1.54, 1.807) is 0 Å². The Labute approximate surface area is 198 Å². The summed E-state index contributed by atoms with van der Waals surface area (Å²) in [6.45, 7) is 20.8. The van der Waals surface area contributed by atoms with Crippen LogP contribution in [0.5, 0.6) is 0 Å². The molecule has 4 heteroatoms. The van der Waals surface area contributed by atoms with Gasteiger partial charge in [0.05, 0.1) is 0 Å². The van der Waals surface area contributed by atoms with Crippen molar-refractivity contribution in [3.05, 3.63) is 0 Å². The van der Waals surface area contributed by atoms with E-state index in [2.05, 4.69) is 57.5 Å². The predicted molar refractivity (Wildman–Crippen MR) is 136 cm³/mol. The van der Waals surface area contributed by atoms with Crippen molar-refractivity contribution in [2.75, 3.05) is 39.3 Å². The summed E-state index contributed by atoms with van der Waals surface area (Å²) in [6, 6.07) is 0. The van der Waals surface area contributed by atoms with Crippen LogP contribution in [0.25, 0.3) is 0 Å². The average Bonchev–Trinajstić information content (AvgIpc) is 2.78. The van der Waals surface area contributed by atoms with Crippen LogP contribution in [-0.2, 0) is 0 Å². The van der Waals surface area contributed by atoms with Gasteiger partial charge in [0.2, 0.25) is 0 Å². The zero-order chi connectivity index (χ0) is 23.5. The Morgan fingerprint density at radius 3 is 1.72 bits per heavy atom. The van der Waals surface area contributed by atoms with Gasteiger partial charge in [0.1, 0.15) is 5.67 Å². The minimum Gasteiger partial charge on any atom is -0.317 e. The van der Waals surface area contributed by atoms with E-state index in [4.69, 9.17) is 0 Å². The van der Waals surface area contributed by atoms with Crippen molar-refractivity contribution < 1.29 is 4.39 Å². The summed E-state index contributed by atoms with van der Waals surface area (Å²) in [5, 5.41) is 10.5. The first kappa shape index (κ1) is 26.4. The van der Waals surface area contributed by atoms with Crippen molar-refractivity contribution in [2.24, 2.45) is 27.6 Å². The molecule has 0 saturated carbocycles. The number of hydrogen-bond donors (Lipinski definition) is 3. The van der Waals surface area contributed by atoms with E-state index in [1.165, 1.54) is 25.7 Å². The third-order valence-corrected chi connectivity index (χ3v) is 10.9. The van der Waals surface area contributed by atoms with Gasteiger partial charge in [0.25, 0.3) is 0 Å². The fraction of sp³-hybridized carbons (Fsp3) is 1.00. The molecular formula is C28H54FN3. The molecule has 3 rings (SSSR count). The van der Waals surface area contributed by atoms with Crippen LogP contribution in [-0.4, -0.2) is 44.9 Å². The molecule has 3 heterocycles. The Balaban J connectivity index is 1.73. The number of nitrogens with one attached hydrogen (secondary N) is 3. The van der Waals surface area contributed by atoms with E-state index in [0.717, 1.165) is 70.9 Å². The molecule has 0 amide bonds. The zero-order valence-electron chi connectivity index (χ0n) is 22.3. The second kappa shape index (κ2) is 10.2. The molecule has 3 N–H and O–H groups in total. The molecule has 3 aliphatic heterocycles. The summed E-state index contributed by atoms with van der Waals surface area (Å²) in [7, 11) is 0. The minimum absolute atomic E-state index is 0.236. The van der Waals surface area contributed by atoms with Crippen LogP contribution < -0.4 is 16.0 Å². The molecule has 3 aliphatic rings. The molecule has 3 fully saturated rings. The Morgan fingerprint density at radius 2 is 1.16 bits per heavy atom. The molecule has 3 saturated heterocycles. The van der Waals surface area contributed by atoms with Gasteiger partial charge in [-0.05, 0) is 126 Å². The molecule has 0 aromatic rings. The summed E-state index contributed by atoms with van der Waals surface area (Å²) in [6.07, 6.45) is 10.7. The van der Waals surface area contributed by atoms with Gasteiger partial charge in [-0.2, -0.15) is 0 Å². The lowest BCUT2D eigenvalue weighted by Crippen LogP contribution is -2.51. The van der Waals surface area contributed by atoms with Crippen molar-refractivity contribution in [1.29, 1.82) is 0 Å². The number of halogens is 1. The minimum atomic E-state index is -1.03. The molecule has 1 atom stereocenters. The lowest BCUT2D eigenvalue weighted by atomic mass is 9.56. The molecule has 0 aromatic heterocycles. The van der Waals surface area contributed by atoms with Gasteiger partial charge in [-0.15, -0.1) is 0 Å². The van der Waals surface area contributed by atoms with Gasteiger partial charge in [-0.25, -0.2) is 4.39 Å². The lowest BCUT2D eigenvalue weighted by molar-refractivity contribution is -0.0600. The molecule has 0 aromatic carbocycles. The molecule has 0 aliphatic carbocycles. The van der Waals surface area contributed by atoms with Crippen LogP contribution in [0.3, 0.4) is 0 Å². The maximum Gasteiger partial charge on any atom is 0.118 e. The van der Waals surface area contributed by atoms with Gasteiger partial charge in [-0.1, -0.05) is 41.5 Å². The standard InChI is InChI=1S/C28H54FN3/c1-24(2,23-7-17-30-18-8-23)9-11-27(6,28(29)15-21-32-22-16-28)12-10-25(3,4)26(5)13-19-31-20-14-26/h23,30-32H,7-22H2,1-6H3. The quantitative estimate of drug-likeness (QED) is 0.397. The van der Waals surface area contributed by atoms with Gasteiger partial charge in [0, 0.05) is 5.41 Å². The van der Waals surface area contributed by atoms with Crippen molar-refractivity contribution in [1.82, 2.24) is 16.0 Å². The highest BCUT2D eigenvalue weighted by atomic mass is 19.1. The van der Waals surface area contributed by atoms with Crippen LogP contribution in [0.2, 0.25) is 0 Å². The average molecular weight is 452 g/mol. The summed E-state index contributed by atoms with van der Waals surface area (Å²) in [5.74, 6) is 0.765. The molecule has 32 heavy (non-hydrogen) atoms. The molecule has 0 radical (unpaired) electrons. The normalized spacial score (nSPS) is 27.1. The first-order chi connectivity index (χ1) is 14.9. The van der Waals surface area contributed by atoms with E-state index in [0.29, 0.717) is 23.7 Å². The second-order valence-corrected chi connectivity index (χ2v) is 13.5. The maximum atomic E-state index is 16.7. The SMILES string of the molecule is CC(C)(CCC(C)(CCC(C)(C)C1(C)CCNCC1)C1(F)CCNCC1)C1CCNCC1. The summed E-state index contributed by atoms with van der Waals surface area (Å²) in [5.41, 5.74) is -0.383. The highest BCUT2D eigenvalue weighted by Crippen LogP contribution is 2.55. The van der Waals surface area contributed by atoms with E-state index in [1.807, 2.05) is 0 Å². The van der Waals surface area contributed by atoms with Gasteiger partial charge < -0.3 is 16.0 Å². The van der Waals surface area contributed by atoms with Crippen LogP contribution in [0, 0.1) is 27.6 Å². The van der Waals surface area contributed by atoms with Crippen LogP contribution >= 0.6 is 0 Å². The maximum absolute atomic E-state index is 16.7. The fourth-order valence-electron chi connectivity index (χ4n) is 6.95. The second-order valence-electron chi connectivity index (χ2n) is 13.5. The number of alkyl halides is 1. The molecule has 3 nitrogen and oxygen atoms in total. The first-order valence-electron chi connectivity index (χ1n) is 13.7. The topological polar surface area (TPSA) is 36.1 Å². The third-order valence-electron chi connectivity index (χ3n) is 10.9. The van der Waals surface area contributed by atoms with Crippen molar-refractivity contribution in [3.8, 4) is 0 Å². The molecule has 0 spiro atoms. The molecule has 1 unspecified atom stereocenters.